The molecule has 2 N–H and O–H groups in total. The molecule has 0 bridgehead atoms. The molecule has 3 aromatic rings. The molecule has 90 valence electrons. The van der Waals surface area contributed by atoms with Crippen LogP contribution in [-0.4, -0.2) is 5.10 Å². The molecule has 0 unspecified atom stereocenters. The van der Waals surface area contributed by atoms with Gasteiger partial charge in [0.25, 0.3) is 0 Å². The summed E-state index contributed by atoms with van der Waals surface area (Å²) in [5, 5.41) is 15.2. The first-order chi connectivity index (χ1) is 9.36. The number of hydrogen-bond donors (Lipinski definition) is 1. The quantitative estimate of drug-likeness (QED) is 0.742. The van der Waals surface area contributed by atoms with Crippen LogP contribution in [0.2, 0.25) is 0 Å². The minimum absolute atomic E-state index is 0.661. The lowest BCUT2D eigenvalue weighted by Gasteiger charge is -1.93. The van der Waals surface area contributed by atoms with E-state index in [2.05, 4.69) is 28.4 Å². The first kappa shape index (κ1) is 11.2. The van der Waals surface area contributed by atoms with Gasteiger partial charge in [0.1, 0.15) is 5.69 Å². The molecule has 0 aliphatic carbocycles. The van der Waals surface area contributed by atoms with Crippen LogP contribution in [0.1, 0.15) is 5.56 Å². The fourth-order valence-corrected chi connectivity index (χ4v) is 2.04. The summed E-state index contributed by atoms with van der Waals surface area (Å²) < 4.78 is 0. The predicted molar refractivity (Wildman–Crippen MR) is 72.9 cm³/mol. The first-order valence-corrected chi connectivity index (χ1v) is 6.03. The second-order valence-corrected chi connectivity index (χ2v) is 4.28. The third kappa shape index (κ3) is 2.24. The summed E-state index contributed by atoms with van der Waals surface area (Å²) >= 11 is 0. The predicted octanol–water partition coefficient (Wildman–Crippen LogP) is 3.03. The van der Waals surface area contributed by atoms with E-state index in [4.69, 9.17) is 5.26 Å². The van der Waals surface area contributed by atoms with Gasteiger partial charge >= 0.3 is 0 Å². The largest absolute Gasteiger partial charge is 0.236 e. The minimum Gasteiger partial charge on any atom is -0.192 e. The van der Waals surface area contributed by atoms with Crippen molar-refractivity contribution in [2.24, 2.45) is 0 Å². The van der Waals surface area contributed by atoms with Gasteiger partial charge < -0.3 is 0 Å². The van der Waals surface area contributed by atoms with Gasteiger partial charge in [-0.2, -0.15) is 10.4 Å². The van der Waals surface area contributed by atoms with Crippen molar-refractivity contribution in [3.8, 4) is 28.6 Å². The average molecular weight is 246 g/mol. The third-order valence-corrected chi connectivity index (χ3v) is 3.01. The molecule has 0 aliphatic heterocycles. The van der Waals surface area contributed by atoms with Gasteiger partial charge in [-0.1, -0.05) is 36.4 Å². The summed E-state index contributed by atoms with van der Waals surface area (Å²) in [4.78, 5) is 0. The monoisotopic (exact) mass is 246 g/mol. The summed E-state index contributed by atoms with van der Waals surface area (Å²) in [5.74, 6) is 0. The molecular formula is C16H12N3+. The van der Waals surface area contributed by atoms with Crippen molar-refractivity contribution in [1.82, 2.24) is 5.10 Å². The molecule has 0 radical (unpaired) electrons. The van der Waals surface area contributed by atoms with Crippen molar-refractivity contribution >= 4 is 0 Å². The Morgan fingerprint density at radius 3 is 2.47 bits per heavy atom. The Labute approximate surface area is 111 Å². The van der Waals surface area contributed by atoms with E-state index in [1.54, 1.807) is 6.07 Å². The number of rotatable bonds is 2. The van der Waals surface area contributed by atoms with Crippen LogP contribution in [0.4, 0.5) is 0 Å². The standard InChI is InChI=1S/C16H11N3/c17-11-12-5-4-8-14(9-12)16-10-15(18-19-16)13-6-2-1-3-7-13/h1-10H,(H,18,19)/p+1. The molecule has 0 amide bonds. The maximum atomic E-state index is 8.92. The van der Waals surface area contributed by atoms with Crippen LogP contribution in [0.15, 0.2) is 60.7 Å². The van der Waals surface area contributed by atoms with Gasteiger partial charge in [0.05, 0.1) is 11.6 Å². The number of aromatic nitrogens is 2. The molecule has 19 heavy (non-hydrogen) atoms. The number of nitriles is 1. The highest BCUT2D eigenvalue weighted by Gasteiger charge is 2.11. The van der Waals surface area contributed by atoms with Crippen LogP contribution in [0.3, 0.4) is 0 Å². The molecular weight excluding hydrogens is 234 g/mol. The Hall–Kier alpha value is -2.86. The van der Waals surface area contributed by atoms with Gasteiger partial charge in [0.15, 0.2) is 0 Å². The number of benzene rings is 2. The molecule has 0 saturated heterocycles. The average Bonchev–Trinajstić information content (AvgIpc) is 2.98. The van der Waals surface area contributed by atoms with Crippen molar-refractivity contribution in [3.63, 3.8) is 0 Å². The number of aromatic amines is 2. The van der Waals surface area contributed by atoms with Crippen molar-refractivity contribution in [1.29, 1.82) is 5.26 Å². The van der Waals surface area contributed by atoms with Gasteiger partial charge in [-0.25, -0.2) is 0 Å². The van der Waals surface area contributed by atoms with Crippen LogP contribution >= 0.6 is 0 Å². The van der Waals surface area contributed by atoms with Gasteiger partial charge in [0.2, 0.25) is 5.69 Å². The van der Waals surface area contributed by atoms with E-state index in [1.165, 1.54) is 0 Å². The highest BCUT2D eigenvalue weighted by atomic mass is 15.1. The highest BCUT2D eigenvalue weighted by Crippen LogP contribution is 2.21. The second kappa shape index (κ2) is 4.79. The van der Waals surface area contributed by atoms with E-state index < -0.39 is 0 Å². The van der Waals surface area contributed by atoms with Crippen LogP contribution in [0.25, 0.3) is 22.5 Å². The number of H-pyrrole nitrogens is 2. The first-order valence-electron chi connectivity index (χ1n) is 6.03. The number of nitrogens with zero attached hydrogens (tertiary/aromatic N) is 1. The van der Waals surface area contributed by atoms with Crippen LogP contribution in [0, 0.1) is 11.3 Å². The van der Waals surface area contributed by atoms with E-state index in [-0.39, 0.29) is 0 Å². The molecule has 3 heteroatoms. The Kier molecular flexibility index (Phi) is 2.83. The third-order valence-electron chi connectivity index (χ3n) is 3.01. The zero-order valence-electron chi connectivity index (χ0n) is 10.2. The van der Waals surface area contributed by atoms with Crippen LogP contribution in [0.5, 0.6) is 0 Å². The van der Waals surface area contributed by atoms with E-state index in [1.807, 2.05) is 42.5 Å². The Balaban J connectivity index is 2.00. The van der Waals surface area contributed by atoms with Crippen molar-refractivity contribution in [3.05, 3.63) is 66.2 Å². The molecule has 3 nitrogen and oxygen atoms in total. The Morgan fingerprint density at radius 1 is 0.895 bits per heavy atom. The summed E-state index contributed by atoms with van der Waals surface area (Å²) in [6.07, 6.45) is 0. The zero-order valence-corrected chi connectivity index (χ0v) is 10.2. The van der Waals surface area contributed by atoms with Crippen molar-refractivity contribution in [2.75, 3.05) is 0 Å². The van der Waals surface area contributed by atoms with Gasteiger partial charge in [-0.15, -0.1) is 5.10 Å². The van der Waals surface area contributed by atoms with E-state index in [0.717, 1.165) is 22.5 Å². The lowest BCUT2D eigenvalue weighted by molar-refractivity contribution is -0.436. The SMILES string of the molecule is N#Cc1cccc(-c2cc(-c3ccccc3)[nH][nH+]2)c1. The minimum atomic E-state index is 0.661. The van der Waals surface area contributed by atoms with Gasteiger partial charge in [-0.3, -0.25) is 0 Å². The summed E-state index contributed by atoms with van der Waals surface area (Å²) in [6.45, 7) is 0. The molecule has 1 heterocycles. The van der Waals surface area contributed by atoms with Crippen LogP contribution < -0.4 is 5.10 Å². The Morgan fingerprint density at radius 2 is 1.68 bits per heavy atom. The summed E-state index contributed by atoms with van der Waals surface area (Å²) in [5.41, 5.74) is 4.78. The van der Waals surface area contributed by atoms with Crippen molar-refractivity contribution < 1.29 is 5.10 Å². The number of nitrogens with one attached hydrogen (secondary N) is 2. The van der Waals surface area contributed by atoms with Gasteiger partial charge in [-0.05, 0) is 18.2 Å². The second-order valence-electron chi connectivity index (χ2n) is 4.28. The molecule has 3 rings (SSSR count). The fourth-order valence-electron chi connectivity index (χ4n) is 2.04. The summed E-state index contributed by atoms with van der Waals surface area (Å²) in [7, 11) is 0. The van der Waals surface area contributed by atoms with E-state index in [0.29, 0.717) is 5.56 Å². The lowest BCUT2D eigenvalue weighted by Crippen LogP contribution is -2.04. The molecule has 2 aromatic carbocycles. The molecule has 0 atom stereocenters. The Bertz CT molecular complexity index is 736. The maximum absolute atomic E-state index is 8.92. The molecule has 1 aromatic heterocycles. The fraction of sp³-hybridized carbons (Fsp3) is 0. The van der Waals surface area contributed by atoms with E-state index in [9.17, 15) is 0 Å². The zero-order chi connectivity index (χ0) is 13.1. The number of hydrogen-bond acceptors (Lipinski definition) is 1. The van der Waals surface area contributed by atoms with Gasteiger partial charge in [0, 0.05) is 17.2 Å². The normalized spacial score (nSPS) is 10.1. The van der Waals surface area contributed by atoms with E-state index >= 15 is 0 Å². The lowest BCUT2D eigenvalue weighted by atomic mass is 10.1. The molecule has 0 saturated carbocycles. The van der Waals surface area contributed by atoms with Crippen LogP contribution in [-0.2, 0) is 0 Å². The topological polar surface area (TPSA) is 53.7 Å². The molecule has 0 fully saturated rings. The summed E-state index contributed by atoms with van der Waals surface area (Å²) in [6, 6.07) is 21.8. The van der Waals surface area contributed by atoms with Crippen molar-refractivity contribution in [2.45, 2.75) is 0 Å². The molecule has 0 aliphatic rings. The highest BCUT2D eigenvalue weighted by molar-refractivity contribution is 5.66. The maximum Gasteiger partial charge on any atom is 0.236 e. The molecule has 0 spiro atoms. The smallest absolute Gasteiger partial charge is 0.192 e.